The SMILES string of the molecule is Cc1ccc(C(=O)NC2CC2)cc1S(=O)(=O)Nc1cccc(C)c1C. The topological polar surface area (TPSA) is 75.3 Å². The van der Waals surface area contributed by atoms with Crippen molar-refractivity contribution in [2.75, 3.05) is 4.72 Å². The monoisotopic (exact) mass is 358 g/mol. The molecule has 0 aliphatic heterocycles. The first kappa shape index (κ1) is 17.5. The molecule has 1 saturated carbocycles. The Hall–Kier alpha value is -2.34. The van der Waals surface area contributed by atoms with E-state index in [9.17, 15) is 13.2 Å². The van der Waals surface area contributed by atoms with Crippen LogP contribution in [0.5, 0.6) is 0 Å². The van der Waals surface area contributed by atoms with Crippen LogP contribution >= 0.6 is 0 Å². The Balaban J connectivity index is 1.93. The summed E-state index contributed by atoms with van der Waals surface area (Å²) >= 11 is 0. The molecule has 0 heterocycles. The summed E-state index contributed by atoms with van der Waals surface area (Å²) in [6, 6.07) is 10.5. The minimum Gasteiger partial charge on any atom is -0.349 e. The summed E-state index contributed by atoms with van der Waals surface area (Å²) < 4.78 is 28.3. The first-order chi connectivity index (χ1) is 11.8. The highest BCUT2D eigenvalue weighted by Crippen LogP contribution is 2.25. The van der Waals surface area contributed by atoms with Gasteiger partial charge in [-0.05, 0) is 68.5 Å². The van der Waals surface area contributed by atoms with Crippen molar-refractivity contribution in [2.45, 2.75) is 44.6 Å². The van der Waals surface area contributed by atoms with Crippen molar-refractivity contribution in [1.82, 2.24) is 5.32 Å². The molecule has 0 bridgehead atoms. The van der Waals surface area contributed by atoms with Crippen molar-refractivity contribution in [3.05, 3.63) is 58.7 Å². The Morgan fingerprint density at radius 1 is 1.04 bits per heavy atom. The van der Waals surface area contributed by atoms with Gasteiger partial charge in [0.15, 0.2) is 0 Å². The molecule has 25 heavy (non-hydrogen) atoms. The van der Waals surface area contributed by atoms with Gasteiger partial charge in [0.2, 0.25) is 0 Å². The Morgan fingerprint density at radius 3 is 2.44 bits per heavy atom. The smallest absolute Gasteiger partial charge is 0.262 e. The van der Waals surface area contributed by atoms with Crippen LogP contribution in [0, 0.1) is 20.8 Å². The molecular formula is C19H22N2O3S. The predicted octanol–water partition coefficient (Wildman–Crippen LogP) is 3.30. The molecule has 1 amide bonds. The van der Waals surface area contributed by atoms with Crippen molar-refractivity contribution < 1.29 is 13.2 Å². The van der Waals surface area contributed by atoms with Gasteiger partial charge >= 0.3 is 0 Å². The van der Waals surface area contributed by atoms with E-state index in [0.29, 0.717) is 16.8 Å². The van der Waals surface area contributed by atoms with Gasteiger partial charge in [0.1, 0.15) is 0 Å². The molecule has 2 aromatic carbocycles. The first-order valence-corrected chi connectivity index (χ1v) is 9.77. The summed E-state index contributed by atoms with van der Waals surface area (Å²) in [6.07, 6.45) is 1.97. The van der Waals surface area contributed by atoms with Gasteiger partial charge in [-0.25, -0.2) is 8.42 Å². The number of hydrogen-bond donors (Lipinski definition) is 2. The molecule has 0 saturated heterocycles. The van der Waals surface area contributed by atoms with Crippen LogP contribution in [0.3, 0.4) is 0 Å². The Bertz CT molecular complexity index is 932. The van der Waals surface area contributed by atoms with Gasteiger partial charge in [-0.1, -0.05) is 18.2 Å². The van der Waals surface area contributed by atoms with Crippen LogP contribution in [0.2, 0.25) is 0 Å². The highest BCUT2D eigenvalue weighted by molar-refractivity contribution is 7.92. The van der Waals surface area contributed by atoms with Crippen LogP contribution < -0.4 is 10.0 Å². The van der Waals surface area contributed by atoms with Crippen molar-refractivity contribution >= 4 is 21.6 Å². The van der Waals surface area contributed by atoms with Gasteiger partial charge in [-0.3, -0.25) is 9.52 Å². The fourth-order valence-corrected chi connectivity index (χ4v) is 3.98. The molecule has 0 spiro atoms. The van der Waals surface area contributed by atoms with Gasteiger partial charge in [0.25, 0.3) is 15.9 Å². The summed E-state index contributed by atoms with van der Waals surface area (Å²) in [5.41, 5.74) is 3.40. The lowest BCUT2D eigenvalue weighted by Crippen LogP contribution is -2.26. The maximum Gasteiger partial charge on any atom is 0.262 e. The van der Waals surface area contributed by atoms with Gasteiger partial charge in [0, 0.05) is 11.6 Å². The molecule has 2 aromatic rings. The van der Waals surface area contributed by atoms with Crippen LogP contribution in [0.1, 0.15) is 39.9 Å². The Labute approximate surface area is 148 Å². The number of benzene rings is 2. The molecule has 0 radical (unpaired) electrons. The third-order valence-corrected chi connectivity index (χ3v) is 6.01. The largest absolute Gasteiger partial charge is 0.349 e. The van der Waals surface area contributed by atoms with Gasteiger partial charge in [-0.15, -0.1) is 0 Å². The van der Waals surface area contributed by atoms with E-state index in [0.717, 1.165) is 24.0 Å². The molecule has 0 aromatic heterocycles. The minimum atomic E-state index is -3.78. The minimum absolute atomic E-state index is 0.122. The van der Waals surface area contributed by atoms with E-state index >= 15 is 0 Å². The molecule has 6 heteroatoms. The summed E-state index contributed by atoms with van der Waals surface area (Å²) in [5, 5.41) is 2.88. The molecule has 2 N–H and O–H groups in total. The molecule has 132 valence electrons. The lowest BCUT2D eigenvalue weighted by molar-refractivity contribution is 0.0951. The van der Waals surface area contributed by atoms with Crippen LogP contribution in [0.25, 0.3) is 0 Å². The zero-order chi connectivity index (χ0) is 18.2. The molecular weight excluding hydrogens is 336 g/mol. The summed E-state index contributed by atoms with van der Waals surface area (Å²) in [5.74, 6) is -0.231. The molecule has 5 nitrogen and oxygen atoms in total. The number of amides is 1. The second kappa shape index (κ2) is 6.52. The molecule has 1 aliphatic carbocycles. The Kier molecular flexibility index (Phi) is 4.56. The second-order valence-electron chi connectivity index (χ2n) is 6.58. The van der Waals surface area contributed by atoms with Crippen molar-refractivity contribution in [2.24, 2.45) is 0 Å². The van der Waals surface area contributed by atoms with E-state index in [1.165, 1.54) is 6.07 Å². The summed E-state index contributed by atoms with van der Waals surface area (Å²) in [6.45, 7) is 5.53. The molecule has 0 unspecified atom stereocenters. The average Bonchev–Trinajstić information content (AvgIpc) is 3.36. The molecule has 3 rings (SSSR count). The number of carbonyl (C=O) groups is 1. The fraction of sp³-hybridized carbons (Fsp3) is 0.316. The van der Waals surface area contributed by atoms with Crippen LogP contribution in [0.15, 0.2) is 41.3 Å². The number of hydrogen-bond acceptors (Lipinski definition) is 3. The lowest BCUT2D eigenvalue weighted by Gasteiger charge is -2.14. The van der Waals surface area contributed by atoms with Gasteiger partial charge in [-0.2, -0.15) is 0 Å². The highest BCUT2D eigenvalue weighted by atomic mass is 32.2. The van der Waals surface area contributed by atoms with Gasteiger partial charge < -0.3 is 5.32 Å². The van der Waals surface area contributed by atoms with Crippen LogP contribution in [-0.4, -0.2) is 20.4 Å². The summed E-state index contributed by atoms with van der Waals surface area (Å²) in [4.78, 5) is 12.3. The number of carbonyl (C=O) groups excluding carboxylic acids is 1. The van der Waals surface area contributed by atoms with Crippen LogP contribution in [-0.2, 0) is 10.0 Å². The Morgan fingerprint density at radius 2 is 1.76 bits per heavy atom. The van der Waals surface area contributed by atoms with Gasteiger partial charge in [0.05, 0.1) is 10.6 Å². The quantitative estimate of drug-likeness (QED) is 0.861. The maximum absolute atomic E-state index is 12.9. The van der Waals surface area contributed by atoms with E-state index in [2.05, 4.69) is 10.0 Å². The average molecular weight is 358 g/mol. The van der Waals surface area contributed by atoms with Crippen molar-refractivity contribution in [1.29, 1.82) is 0 Å². The predicted molar refractivity (Wildman–Crippen MR) is 98.4 cm³/mol. The molecule has 1 aliphatic rings. The van der Waals surface area contributed by atoms with Crippen molar-refractivity contribution in [3.8, 4) is 0 Å². The number of rotatable bonds is 5. The summed E-state index contributed by atoms with van der Waals surface area (Å²) in [7, 11) is -3.78. The standard InChI is InChI=1S/C19H22N2O3S/c1-12-5-4-6-17(14(12)3)21-25(23,24)18-11-15(8-7-13(18)2)19(22)20-16-9-10-16/h4-8,11,16,21H,9-10H2,1-3H3,(H,20,22). The fourth-order valence-electron chi connectivity index (χ4n) is 2.59. The van der Waals surface area contributed by atoms with E-state index in [1.54, 1.807) is 25.1 Å². The normalized spacial score (nSPS) is 14.2. The van der Waals surface area contributed by atoms with E-state index < -0.39 is 10.0 Å². The maximum atomic E-state index is 12.9. The number of nitrogens with one attached hydrogen (secondary N) is 2. The van der Waals surface area contributed by atoms with E-state index in [1.807, 2.05) is 26.0 Å². The first-order valence-electron chi connectivity index (χ1n) is 8.28. The zero-order valence-electron chi connectivity index (χ0n) is 14.6. The number of aryl methyl sites for hydroxylation is 2. The van der Waals surface area contributed by atoms with Crippen LogP contribution in [0.4, 0.5) is 5.69 Å². The van der Waals surface area contributed by atoms with E-state index in [-0.39, 0.29) is 16.8 Å². The number of sulfonamides is 1. The highest BCUT2D eigenvalue weighted by Gasteiger charge is 2.25. The lowest BCUT2D eigenvalue weighted by atomic mass is 10.1. The molecule has 1 fully saturated rings. The van der Waals surface area contributed by atoms with E-state index in [4.69, 9.17) is 0 Å². The number of anilines is 1. The third-order valence-electron chi connectivity index (χ3n) is 4.50. The van der Waals surface area contributed by atoms with Crippen molar-refractivity contribution in [3.63, 3.8) is 0 Å². The zero-order valence-corrected chi connectivity index (χ0v) is 15.4. The third kappa shape index (κ3) is 3.85. The molecule has 0 atom stereocenters. The second-order valence-corrected chi connectivity index (χ2v) is 8.23.